The molecule has 142 valence electrons. The number of para-hydroxylation sites is 1. The molecule has 0 aromatic heterocycles. The number of rotatable bonds is 6. The van der Waals surface area contributed by atoms with Crippen LogP contribution in [-0.2, 0) is 11.3 Å². The van der Waals surface area contributed by atoms with Crippen LogP contribution in [0.25, 0.3) is 0 Å². The van der Waals surface area contributed by atoms with Gasteiger partial charge in [-0.1, -0.05) is 18.2 Å². The highest BCUT2D eigenvalue weighted by atomic mass is 19.2. The van der Waals surface area contributed by atoms with E-state index in [-0.39, 0.29) is 24.7 Å². The van der Waals surface area contributed by atoms with E-state index < -0.39 is 17.7 Å². The van der Waals surface area contributed by atoms with Crippen LogP contribution < -0.4 is 15.0 Å². The van der Waals surface area contributed by atoms with E-state index in [0.717, 1.165) is 17.7 Å². The molecule has 3 rings (SSSR count). The summed E-state index contributed by atoms with van der Waals surface area (Å²) in [6.07, 6.45) is 0. The van der Waals surface area contributed by atoms with Crippen molar-refractivity contribution in [1.82, 2.24) is 10.2 Å². The van der Waals surface area contributed by atoms with Crippen LogP contribution in [0.5, 0.6) is 5.75 Å². The van der Waals surface area contributed by atoms with E-state index in [1.54, 1.807) is 13.2 Å². The molecule has 1 fully saturated rings. The first-order valence-corrected chi connectivity index (χ1v) is 8.39. The zero-order valence-corrected chi connectivity index (χ0v) is 14.7. The number of amides is 3. The fourth-order valence-corrected chi connectivity index (χ4v) is 2.89. The van der Waals surface area contributed by atoms with E-state index >= 15 is 0 Å². The second-order valence-corrected chi connectivity index (χ2v) is 6.04. The van der Waals surface area contributed by atoms with Gasteiger partial charge in [-0.2, -0.15) is 0 Å². The first kappa shape index (κ1) is 18.6. The molecule has 0 radical (unpaired) electrons. The van der Waals surface area contributed by atoms with Crippen molar-refractivity contribution < 1.29 is 23.1 Å². The molecule has 0 atom stereocenters. The molecule has 0 unspecified atom stereocenters. The Bertz CT molecular complexity index is 860. The molecule has 1 aliphatic rings. The maximum atomic E-state index is 13.4. The number of nitrogens with zero attached hydrogens (tertiary/aromatic N) is 2. The van der Waals surface area contributed by atoms with Crippen LogP contribution in [0.1, 0.15) is 5.56 Å². The molecule has 1 aliphatic heterocycles. The maximum Gasteiger partial charge on any atom is 0.325 e. The normalized spacial score (nSPS) is 13.8. The Morgan fingerprint density at radius 3 is 2.67 bits per heavy atom. The molecule has 0 aliphatic carbocycles. The third-order valence-corrected chi connectivity index (χ3v) is 4.31. The summed E-state index contributed by atoms with van der Waals surface area (Å²) in [5.41, 5.74) is 1.08. The molecule has 3 amide bonds. The highest BCUT2D eigenvalue weighted by Gasteiger charge is 2.31. The molecule has 0 spiro atoms. The second kappa shape index (κ2) is 8.03. The summed E-state index contributed by atoms with van der Waals surface area (Å²) in [6, 6.07) is 10.2. The van der Waals surface area contributed by atoms with Crippen molar-refractivity contribution in [2.75, 3.05) is 31.6 Å². The number of carbonyl (C=O) groups is 2. The zero-order chi connectivity index (χ0) is 19.4. The number of hydrogen-bond acceptors (Lipinski definition) is 3. The van der Waals surface area contributed by atoms with Gasteiger partial charge in [0.15, 0.2) is 11.6 Å². The zero-order valence-electron chi connectivity index (χ0n) is 14.7. The quantitative estimate of drug-likeness (QED) is 0.844. The lowest BCUT2D eigenvalue weighted by atomic mass is 10.2. The van der Waals surface area contributed by atoms with E-state index in [9.17, 15) is 18.4 Å². The largest absolute Gasteiger partial charge is 0.496 e. The molecule has 6 nitrogen and oxygen atoms in total. The SMILES string of the molecule is COc1ccccc1CNC(=O)CN1CCN(c2ccc(F)c(F)c2)C1=O. The summed E-state index contributed by atoms with van der Waals surface area (Å²) in [6.45, 7) is 0.773. The molecule has 2 aromatic carbocycles. The Balaban J connectivity index is 1.57. The van der Waals surface area contributed by atoms with Crippen LogP contribution in [0.15, 0.2) is 42.5 Å². The molecular weight excluding hydrogens is 356 g/mol. The van der Waals surface area contributed by atoms with Gasteiger partial charge in [-0.05, 0) is 18.2 Å². The van der Waals surface area contributed by atoms with Gasteiger partial charge in [-0.3, -0.25) is 9.69 Å². The summed E-state index contributed by atoms with van der Waals surface area (Å²) >= 11 is 0. The third-order valence-electron chi connectivity index (χ3n) is 4.31. The second-order valence-electron chi connectivity index (χ2n) is 6.04. The first-order chi connectivity index (χ1) is 13.0. The fourth-order valence-electron chi connectivity index (χ4n) is 2.89. The van der Waals surface area contributed by atoms with Gasteiger partial charge >= 0.3 is 6.03 Å². The Morgan fingerprint density at radius 2 is 1.93 bits per heavy atom. The average Bonchev–Trinajstić information content (AvgIpc) is 3.03. The number of hydrogen-bond donors (Lipinski definition) is 1. The Labute approximate surface area is 155 Å². The monoisotopic (exact) mass is 375 g/mol. The van der Waals surface area contributed by atoms with Gasteiger partial charge in [0.2, 0.25) is 5.91 Å². The first-order valence-electron chi connectivity index (χ1n) is 8.39. The smallest absolute Gasteiger partial charge is 0.325 e. The summed E-state index contributed by atoms with van der Waals surface area (Å²) in [5.74, 6) is -1.65. The lowest BCUT2D eigenvalue weighted by Crippen LogP contribution is -2.39. The average molecular weight is 375 g/mol. The van der Waals surface area contributed by atoms with Crippen molar-refractivity contribution >= 4 is 17.6 Å². The lowest BCUT2D eigenvalue weighted by Gasteiger charge is -2.18. The van der Waals surface area contributed by atoms with Crippen LogP contribution >= 0.6 is 0 Å². The Hall–Kier alpha value is -3.16. The van der Waals surface area contributed by atoms with Gasteiger partial charge in [0.1, 0.15) is 12.3 Å². The number of halogens is 2. The molecule has 1 heterocycles. The molecule has 2 aromatic rings. The predicted octanol–water partition coefficient (Wildman–Crippen LogP) is 2.53. The number of urea groups is 1. The fraction of sp³-hybridized carbons (Fsp3) is 0.263. The molecular formula is C19H19F2N3O3. The standard InChI is InChI=1S/C19H19F2N3O3/c1-27-17-5-3-2-4-13(17)11-22-18(25)12-23-8-9-24(19(23)26)14-6-7-15(20)16(21)10-14/h2-7,10H,8-9,11-12H2,1H3,(H,22,25). The Morgan fingerprint density at radius 1 is 1.15 bits per heavy atom. The van der Waals surface area contributed by atoms with Crippen molar-refractivity contribution in [3.8, 4) is 5.75 Å². The minimum Gasteiger partial charge on any atom is -0.496 e. The summed E-state index contributed by atoms with van der Waals surface area (Å²) in [7, 11) is 1.55. The lowest BCUT2D eigenvalue weighted by molar-refractivity contribution is -0.121. The molecule has 27 heavy (non-hydrogen) atoms. The highest BCUT2D eigenvalue weighted by Crippen LogP contribution is 2.22. The maximum absolute atomic E-state index is 13.4. The van der Waals surface area contributed by atoms with Crippen molar-refractivity contribution in [2.45, 2.75) is 6.54 Å². The van der Waals surface area contributed by atoms with Crippen molar-refractivity contribution in [3.05, 3.63) is 59.7 Å². The van der Waals surface area contributed by atoms with Crippen LogP contribution in [0, 0.1) is 11.6 Å². The van der Waals surface area contributed by atoms with E-state index in [1.807, 2.05) is 18.2 Å². The van der Waals surface area contributed by atoms with Crippen LogP contribution in [0.2, 0.25) is 0 Å². The van der Waals surface area contributed by atoms with E-state index in [1.165, 1.54) is 15.9 Å². The van der Waals surface area contributed by atoms with Gasteiger partial charge in [0, 0.05) is 37.0 Å². The number of nitrogens with one attached hydrogen (secondary N) is 1. The number of methoxy groups -OCH3 is 1. The van der Waals surface area contributed by atoms with Gasteiger partial charge in [-0.25, -0.2) is 13.6 Å². The number of carbonyl (C=O) groups excluding carboxylic acids is 2. The van der Waals surface area contributed by atoms with Gasteiger partial charge in [0.25, 0.3) is 0 Å². The molecule has 1 saturated heterocycles. The Kier molecular flexibility index (Phi) is 5.54. The summed E-state index contributed by atoms with van der Waals surface area (Å²) in [4.78, 5) is 27.3. The van der Waals surface area contributed by atoms with E-state index in [0.29, 0.717) is 18.8 Å². The third kappa shape index (κ3) is 4.16. The van der Waals surface area contributed by atoms with Crippen molar-refractivity contribution in [2.24, 2.45) is 0 Å². The van der Waals surface area contributed by atoms with Crippen LogP contribution in [0.3, 0.4) is 0 Å². The van der Waals surface area contributed by atoms with Crippen molar-refractivity contribution in [3.63, 3.8) is 0 Å². The van der Waals surface area contributed by atoms with Gasteiger partial charge < -0.3 is 15.0 Å². The molecule has 8 heteroatoms. The topological polar surface area (TPSA) is 61.9 Å². The minimum absolute atomic E-state index is 0.117. The summed E-state index contributed by atoms with van der Waals surface area (Å²) < 4.78 is 31.7. The number of anilines is 1. The van der Waals surface area contributed by atoms with Crippen LogP contribution in [0.4, 0.5) is 19.3 Å². The highest BCUT2D eigenvalue weighted by molar-refractivity contribution is 5.96. The molecule has 1 N–H and O–H groups in total. The van der Waals surface area contributed by atoms with Gasteiger partial charge in [0.05, 0.1) is 7.11 Å². The van der Waals surface area contributed by atoms with E-state index in [4.69, 9.17) is 4.74 Å². The molecule has 0 bridgehead atoms. The minimum atomic E-state index is -1.02. The van der Waals surface area contributed by atoms with Crippen molar-refractivity contribution in [1.29, 1.82) is 0 Å². The van der Waals surface area contributed by atoms with Crippen LogP contribution in [-0.4, -0.2) is 43.6 Å². The van der Waals surface area contributed by atoms with E-state index in [2.05, 4.69) is 5.32 Å². The number of ether oxygens (including phenoxy) is 1. The predicted molar refractivity (Wildman–Crippen MR) is 95.5 cm³/mol. The number of benzene rings is 2. The molecule has 0 saturated carbocycles. The van der Waals surface area contributed by atoms with Gasteiger partial charge in [-0.15, -0.1) is 0 Å². The summed E-state index contributed by atoms with van der Waals surface area (Å²) in [5, 5.41) is 2.75.